The van der Waals surface area contributed by atoms with Gasteiger partial charge < -0.3 is 5.32 Å². The summed E-state index contributed by atoms with van der Waals surface area (Å²) in [6.07, 6.45) is 4.26. The second-order valence-corrected chi connectivity index (χ2v) is 8.90. The number of thiazole rings is 2. The first-order valence-corrected chi connectivity index (χ1v) is 11.0. The van der Waals surface area contributed by atoms with Gasteiger partial charge in [0.2, 0.25) is 0 Å². The Balaban J connectivity index is 1.53. The van der Waals surface area contributed by atoms with Crippen molar-refractivity contribution < 1.29 is 13.2 Å². The van der Waals surface area contributed by atoms with Crippen molar-refractivity contribution in [1.82, 2.24) is 14.4 Å². The quantitative estimate of drug-likeness (QED) is 0.498. The van der Waals surface area contributed by atoms with Gasteiger partial charge >= 0.3 is 0 Å². The SMILES string of the molecule is O=C(Nc1ccc(S(=O)(=O)Nc2nccs2)cc1)c1cnc2sccn2c1=O. The second-order valence-electron chi connectivity index (χ2n) is 5.45. The molecule has 0 bridgehead atoms. The molecule has 4 rings (SSSR count). The highest BCUT2D eigenvalue weighted by Crippen LogP contribution is 2.19. The number of sulfonamides is 1. The Morgan fingerprint density at radius 1 is 1.07 bits per heavy atom. The number of carbonyl (C=O) groups is 1. The van der Waals surface area contributed by atoms with Crippen LogP contribution in [0, 0.1) is 0 Å². The maximum atomic E-state index is 12.4. The summed E-state index contributed by atoms with van der Waals surface area (Å²) in [6.45, 7) is 0. The number of fused-ring (bicyclic) bond motifs is 1. The number of benzene rings is 1. The predicted molar refractivity (Wildman–Crippen MR) is 107 cm³/mol. The molecule has 0 atom stereocenters. The van der Waals surface area contributed by atoms with E-state index in [0.29, 0.717) is 10.6 Å². The summed E-state index contributed by atoms with van der Waals surface area (Å²) < 4.78 is 28.3. The van der Waals surface area contributed by atoms with Gasteiger partial charge in [-0.15, -0.1) is 22.7 Å². The number of carbonyl (C=O) groups excluding carboxylic acids is 1. The van der Waals surface area contributed by atoms with E-state index in [9.17, 15) is 18.0 Å². The number of anilines is 2. The smallest absolute Gasteiger partial charge is 0.271 e. The summed E-state index contributed by atoms with van der Waals surface area (Å²) >= 11 is 2.45. The molecular weight excluding hydrogens is 422 g/mol. The lowest BCUT2D eigenvalue weighted by atomic mass is 10.2. The summed E-state index contributed by atoms with van der Waals surface area (Å²) in [5, 5.41) is 6.18. The number of nitrogens with one attached hydrogen (secondary N) is 2. The van der Waals surface area contributed by atoms with Crippen molar-refractivity contribution in [3.63, 3.8) is 0 Å². The van der Waals surface area contributed by atoms with E-state index in [-0.39, 0.29) is 15.6 Å². The molecule has 1 amide bonds. The zero-order valence-electron chi connectivity index (χ0n) is 13.9. The Morgan fingerprint density at radius 2 is 1.86 bits per heavy atom. The molecule has 0 unspecified atom stereocenters. The number of aromatic nitrogens is 3. The largest absolute Gasteiger partial charge is 0.322 e. The molecule has 2 N–H and O–H groups in total. The van der Waals surface area contributed by atoms with E-state index in [1.807, 2.05) is 0 Å². The molecule has 28 heavy (non-hydrogen) atoms. The van der Waals surface area contributed by atoms with Gasteiger partial charge in [0.05, 0.1) is 4.90 Å². The molecule has 12 heteroatoms. The van der Waals surface area contributed by atoms with Crippen LogP contribution in [0.4, 0.5) is 10.8 Å². The van der Waals surface area contributed by atoms with Crippen molar-refractivity contribution in [2.24, 2.45) is 0 Å². The first kappa shape index (κ1) is 18.3. The number of hydrogen-bond donors (Lipinski definition) is 2. The van der Waals surface area contributed by atoms with Gasteiger partial charge in [0.1, 0.15) is 5.56 Å². The monoisotopic (exact) mass is 433 g/mol. The number of rotatable bonds is 5. The molecule has 0 spiro atoms. The van der Waals surface area contributed by atoms with Gasteiger partial charge in [-0.05, 0) is 24.3 Å². The normalized spacial score (nSPS) is 11.4. The topological polar surface area (TPSA) is 123 Å². The van der Waals surface area contributed by atoms with E-state index in [1.54, 1.807) is 17.0 Å². The Labute approximate surface area is 166 Å². The van der Waals surface area contributed by atoms with Gasteiger partial charge in [0.15, 0.2) is 10.1 Å². The Morgan fingerprint density at radius 3 is 2.57 bits per heavy atom. The molecule has 9 nitrogen and oxygen atoms in total. The zero-order chi connectivity index (χ0) is 19.7. The molecule has 0 saturated carbocycles. The van der Waals surface area contributed by atoms with Crippen LogP contribution in [0.1, 0.15) is 10.4 Å². The standard InChI is InChI=1S/C16H11N5O4S3/c22-13(12-9-18-16-21(14(12)23)6-8-27-16)19-10-1-3-11(4-2-10)28(24,25)20-15-17-5-7-26-15/h1-9H,(H,17,20)(H,19,22). The van der Waals surface area contributed by atoms with Crippen LogP contribution in [-0.4, -0.2) is 28.7 Å². The lowest BCUT2D eigenvalue weighted by Gasteiger charge is -2.08. The third-order valence-electron chi connectivity index (χ3n) is 3.66. The first-order chi connectivity index (χ1) is 13.4. The van der Waals surface area contributed by atoms with Crippen molar-refractivity contribution in [3.8, 4) is 0 Å². The van der Waals surface area contributed by atoms with Gasteiger partial charge in [0, 0.05) is 35.0 Å². The molecule has 0 aliphatic rings. The van der Waals surface area contributed by atoms with Crippen LogP contribution in [0.15, 0.2) is 63.3 Å². The van der Waals surface area contributed by atoms with E-state index in [2.05, 4.69) is 20.0 Å². The highest BCUT2D eigenvalue weighted by molar-refractivity contribution is 7.93. The summed E-state index contributed by atoms with van der Waals surface area (Å²) in [6, 6.07) is 5.56. The molecule has 3 heterocycles. The van der Waals surface area contributed by atoms with Crippen LogP contribution in [-0.2, 0) is 10.0 Å². The lowest BCUT2D eigenvalue weighted by molar-refractivity contribution is 0.102. The Kier molecular flexibility index (Phi) is 4.66. The fourth-order valence-corrected chi connectivity index (χ4v) is 4.81. The molecule has 0 aliphatic heterocycles. The highest BCUT2D eigenvalue weighted by Gasteiger charge is 2.17. The van der Waals surface area contributed by atoms with Crippen molar-refractivity contribution in [3.05, 3.63) is 69.5 Å². The fourth-order valence-electron chi connectivity index (χ4n) is 2.34. The Hall–Kier alpha value is -3.09. The molecule has 0 radical (unpaired) electrons. The van der Waals surface area contributed by atoms with Gasteiger partial charge in [0.25, 0.3) is 21.5 Å². The average molecular weight is 433 g/mol. The van der Waals surface area contributed by atoms with Gasteiger partial charge in [-0.25, -0.2) is 18.4 Å². The molecule has 3 aromatic heterocycles. The minimum Gasteiger partial charge on any atom is -0.322 e. The van der Waals surface area contributed by atoms with Crippen LogP contribution in [0.25, 0.3) is 4.96 Å². The maximum absolute atomic E-state index is 12.4. The minimum atomic E-state index is -3.78. The van der Waals surface area contributed by atoms with Crippen LogP contribution < -0.4 is 15.6 Å². The zero-order valence-corrected chi connectivity index (χ0v) is 16.3. The van der Waals surface area contributed by atoms with E-state index < -0.39 is 21.5 Å². The summed E-state index contributed by atoms with van der Waals surface area (Å²) in [4.78, 5) is 33.2. The van der Waals surface area contributed by atoms with Gasteiger partial charge in [-0.2, -0.15) is 0 Å². The van der Waals surface area contributed by atoms with Crippen molar-refractivity contribution in [2.45, 2.75) is 4.90 Å². The third kappa shape index (κ3) is 3.52. The number of hydrogen-bond acceptors (Lipinski definition) is 8. The summed E-state index contributed by atoms with van der Waals surface area (Å²) in [5.74, 6) is -0.630. The number of nitrogens with zero attached hydrogens (tertiary/aromatic N) is 3. The highest BCUT2D eigenvalue weighted by atomic mass is 32.2. The predicted octanol–water partition coefficient (Wildman–Crippen LogP) is 2.27. The minimum absolute atomic E-state index is 0.0159. The van der Waals surface area contributed by atoms with Crippen molar-refractivity contribution in [1.29, 1.82) is 0 Å². The maximum Gasteiger partial charge on any atom is 0.271 e. The summed E-state index contributed by atoms with van der Waals surface area (Å²) in [5.41, 5.74) is -0.248. The average Bonchev–Trinajstić information content (AvgIpc) is 3.34. The van der Waals surface area contributed by atoms with Crippen LogP contribution >= 0.6 is 22.7 Å². The molecule has 0 saturated heterocycles. The number of amides is 1. The first-order valence-electron chi connectivity index (χ1n) is 7.73. The molecule has 1 aromatic carbocycles. The Bertz CT molecular complexity index is 1310. The van der Waals surface area contributed by atoms with E-state index >= 15 is 0 Å². The second kappa shape index (κ2) is 7.14. The van der Waals surface area contributed by atoms with Crippen molar-refractivity contribution >= 4 is 54.4 Å². The van der Waals surface area contributed by atoms with Crippen molar-refractivity contribution in [2.75, 3.05) is 10.0 Å². The van der Waals surface area contributed by atoms with E-state index in [4.69, 9.17) is 0 Å². The van der Waals surface area contributed by atoms with Crippen LogP contribution in [0.5, 0.6) is 0 Å². The molecular formula is C16H11N5O4S3. The van der Waals surface area contributed by atoms with Crippen LogP contribution in [0.2, 0.25) is 0 Å². The summed E-state index contributed by atoms with van der Waals surface area (Å²) in [7, 11) is -3.78. The van der Waals surface area contributed by atoms with Crippen LogP contribution in [0.3, 0.4) is 0 Å². The molecule has 142 valence electrons. The lowest BCUT2D eigenvalue weighted by Crippen LogP contribution is -2.25. The molecule has 4 aromatic rings. The third-order valence-corrected chi connectivity index (χ3v) is 6.61. The molecule has 0 aliphatic carbocycles. The van der Waals surface area contributed by atoms with E-state index in [0.717, 1.165) is 11.3 Å². The van der Waals surface area contributed by atoms with Gasteiger partial charge in [-0.3, -0.25) is 18.7 Å². The fraction of sp³-hybridized carbons (Fsp3) is 0. The molecule has 0 fully saturated rings. The van der Waals surface area contributed by atoms with E-state index in [1.165, 1.54) is 52.4 Å². The van der Waals surface area contributed by atoms with Gasteiger partial charge in [-0.1, -0.05) is 0 Å².